The standard InChI is InChI=1S/C15H22N2O2/c1-9-4-5-12(8-10(9)2)17-14-7-6-13(15(18)19)11(3)16-14/h6-7,9-10,12H,4-5,8H2,1-3H3,(H,16,17)(H,18,19). The molecule has 0 radical (unpaired) electrons. The lowest BCUT2D eigenvalue weighted by Crippen LogP contribution is -2.30. The van der Waals surface area contributed by atoms with Gasteiger partial charge in [0.05, 0.1) is 11.3 Å². The van der Waals surface area contributed by atoms with E-state index in [2.05, 4.69) is 24.1 Å². The maximum absolute atomic E-state index is 10.9. The summed E-state index contributed by atoms with van der Waals surface area (Å²) in [5, 5.41) is 12.4. The van der Waals surface area contributed by atoms with Crippen molar-refractivity contribution in [2.75, 3.05) is 5.32 Å². The van der Waals surface area contributed by atoms with Crippen molar-refractivity contribution in [2.45, 2.75) is 46.1 Å². The van der Waals surface area contributed by atoms with E-state index in [1.165, 1.54) is 6.42 Å². The minimum Gasteiger partial charge on any atom is -0.478 e. The van der Waals surface area contributed by atoms with Crippen LogP contribution in [0.25, 0.3) is 0 Å². The van der Waals surface area contributed by atoms with Crippen molar-refractivity contribution in [2.24, 2.45) is 11.8 Å². The summed E-state index contributed by atoms with van der Waals surface area (Å²) < 4.78 is 0. The molecule has 4 heteroatoms. The van der Waals surface area contributed by atoms with Gasteiger partial charge >= 0.3 is 5.97 Å². The van der Waals surface area contributed by atoms with E-state index >= 15 is 0 Å². The topological polar surface area (TPSA) is 62.2 Å². The number of nitrogens with zero attached hydrogens (tertiary/aromatic N) is 1. The lowest BCUT2D eigenvalue weighted by Gasteiger charge is -2.32. The number of aromatic carboxylic acids is 1. The zero-order valence-corrected chi connectivity index (χ0v) is 11.8. The Labute approximate surface area is 114 Å². The minimum absolute atomic E-state index is 0.274. The van der Waals surface area contributed by atoms with Crippen LogP contribution in [0, 0.1) is 18.8 Å². The second-order valence-corrected chi connectivity index (χ2v) is 5.74. The summed E-state index contributed by atoms with van der Waals surface area (Å²) >= 11 is 0. The maximum atomic E-state index is 10.9. The number of carbonyl (C=O) groups is 1. The third-order valence-electron chi connectivity index (χ3n) is 4.27. The van der Waals surface area contributed by atoms with Crippen LogP contribution in [0.15, 0.2) is 12.1 Å². The van der Waals surface area contributed by atoms with Gasteiger partial charge in [-0.15, -0.1) is 0 Å². The zero-order valence-electron chi connectivity index (χ0n) is 11.8. The Morgan fingerprint density at radius 3 is 2.63 bits per heavy atom. The van der Waals surface area contributed by atoms with E-state index in [9.17, 15) is 4.79 Å². The predicted octanol–water partition coefficient (Wildman–Crippen LogP) is 3.32. The highest BCUT2D eigenvalue weighted by Crippen LogP contribution is 2.30. The number of rotatable bonds is 3. The van der Waals surface area contributed by atoms with Crippen molar-refractivity contribution < 1.29 is 9.90 Å². The molecule has 3 unspecified atom stereocenters. The lowest BCUT2D eigenvalue weighted by molar-refractivity contribution is 0.0695. The first-order valence-electron chi connectivity index (χ1n) is 6.95. The van der Waals surface area contributed by atoms with Gasteiger partial charge in [0.2, 0.25) is 0 Å². The Kier molecular flexibility index (Phi) is 4.08. The zero-order chi connectivity index (χ0) is 14.0. The number of aromatic nitrogens is 1. The molecule has 0 amide bonds. The lowest BCUT2D eigenvalue weighted by atomic mass is 9.79. The first kappa shape index (κ1) is 13.8. The molecule has 0 bridgehead atoms. The van der Waals surface area contributed by atoms with Gasteiger partial charge in [-0.05, 0) is 50.2 Å². The van der Waals surface area contributed by atoms with Crippen LogP contribution in [0.4, 0.5) is 5.82 Å². The molecule has 1 aliphatic rings. The van der Waals surface area contributed by atoms with Crippen molar-refractivity contribution in [3.8, 4) is 0 Å². The number of aryl methyl sites for hydroxylation is 1. The van der Waals surface area contributed by atoms with Crippen LogP contribution in [-0.4, -0.2) is 22.1 Å². The number of pyridine rings is 1. The van der Waals surface area contributed by atoms with E-state index < -0.39 is 5.97 Å². The molecule has 0 aromatic carbocycles. The van der Waals surface area contributed by atoms with Crippen LogP contribution in [0.2, 0.25) is 0 Å². The van der Waals surface area contributed by atoms with Crippen LogP contribution in [0.3, 0.4) is 0 Å². The molecular formula is C15H22N2O2. The van der Waals surface area contributed by atoms with Crippen LogP contribution in [-0.2, 0) is 0 Å². The fourth-order valence-corrected chi connectivity index (χ4v) is 2.76. The highest BCUT2D eigenvalue weighted by Gasteiger charge is 2.24. The molecule has 1 fully saturated rings. The first-order chi connectivity index (χ1) is 8.97. The molecule has 1 aromatic heterocycles. The second kappa shape index (κ2) is 5.59. The quantitative estimate of drug-likeness (QED) is 0.877. The van der Waals surface area contributed by atoms with Crippen LogP contribution in [0.1, 0.15) is 49.2 Å². The fourth-order valence-electron chi connectivity index (χ4n) is 2.76. The third kappa shape index (κ3) is 3.25. The van der Waals surface area contributed by atoms with Crippen molar-refractivity contribution in [3.05, 3.63) is 23.4 Å². The molecule has 2 rings (SSSR count). The molecule has 3 atom stereocenters. The van der Waals surface area contributed by atoms with E-state index in [0.29, 0.717) is 11.7 Å². The smallest absolute Gasteiger partial charge is 0.337 e. The summed E-state index contributed by atoms with van der Waals surface area (Å²) in [6.45, 7) is 6.34. The van der Waals surface area contributed by atoms with Crippen molar-refractivity contribution in [1.82, 2.24) is 4.98 Å². The van der Waals surface area contributed by atoms with E-state index in [4.69, 9.17) is 5.11 Å². The molecule has 2 N–H and O–H groups in total. The summed E-state index contributed by atoms with van der Waals surface area (Å²) in [5.74, 6) is 1.39. The molecule has 104 valence electrons. The Hall–Kier alpha value is -1.58. The molecule has 1 aliphatic carbocycles. The fraction of sp³-hybridized carbons (Fsp3) is 0.600. The van der Waals surface area contributed by atoms with E-state index in [1.807, 2.05) is 0 Å². The maximum Gasteiger partial charge on any atom is 0.337 e. The second-order valence-electron chi connectivity index (χ2n) is 5.74. The molecular weight excluding hydrogens is 240 g/mol. The van der Waals surface area contributed by atoms with E-state index in [0.717, 1.165) is 30.5 Å². The van der Waals surface area contributed by atoms with Crippen LogP contribution in [0.5, 0.6) is 0 Å². The average molecular weight is 262 g/mol. The van der Waals surface area contributed by atoms with E-state index in [1.54, 1.807) is 19.1 Å². The average Bonchev–Trinajstić information content (AvgIpc) is 2.33. The molecule has 4 nitrogen and oxygen atoms in total. The summed E-state index contributed by atoms with van der Waals surface area (Å²) in [6, 6.07) is 3.84. The number of nitrogens with one attached hydrogen (secondary N) is 1. The minimum atomic E-state index is -0.920. The summed E-state index contributed by atoms with van der Waals surface area (Å²) in [7, 11) is 0. The van der Waals surface area contributed by atoms with Crippen molar-refractivity contribution >= 4 is 11.8 Å². The van der Waals surface area contributed by atoms with Crippen molar-refractivity contribution in [3.63, 3.8) is 0 Å². The SMILES string of the molecule is Cc1nc(NC2CCC(C)C(C)C2)ccc1C(=O)O. The number of carboxylic acid groups (broad SMARTS) is 1. The monoisotopic (exact) mass is 262 g/mol. The van der Waals surface area contributed by atoms with Gasteiger partial charge in [0, 0.05) is 6.04 Å². The molecule has 0 spiro atoms. The molecule has 0 saturated heterocycles. The first-order valence-corrected chi connectivity index (χ1v) is 6.95. The number of anilines is 1. The molecule has 1 heterocycles. The van der Waals surface area contributed by atoms with Gasteiger partial charge < -0.3 is 10.4 Å². The Morgan fingerprint density at radius 1 is 1.32 bits per heavy atom. The third-order valence-corrected chi connectivity index (χ3v) is 4.27. The summed E-state index contributed by atoms with van der Waals surface area (Å²) in [4.78, 5) is 15.3. The largest absolute Gasteiger partial charge is 0.478 e. The van der Waals surface area contributed by atoms with Gasteiger partial charge in [0.25, 0.3) is 0 Å². The number of hydrogen-bond acceptors (Lipinski definition) is 3. The van der Waals surface area contributed by atoms with Gasteiger partial charge in [-0.25, -0.2) is 9.78 Å². The molecule has 0 aliphatic heterocycles. The van der Waals surface area contributed by atoms with Gasteiger partial charge in [-0.2, -0.15) is 0 Å². The predicted molar refractivity (Wildman–Crippen MR) is 75.5 cm³/mol. The Balaban J connectivity index is 2.04. The van der Waals surface area contributed by atoms with Gasteiger partial charge in [0.15, 0.2) is 0 Å². The highest BCUT2D eigenvalue weighted by atomic mass is 16.4. The van der Waals surface area contributed by atoms with Crippen molar-refractivity contribution in [1.29, 1.82) is 0 Å². The number of carboxylic acids is 1. The van der Waals surface area contributed by atoms with Gasteiger partial charge in [-0.3, -0.25) is 0 Å². The number of hydrogen-bond donors (Lipinski definition) is 2. The Morgan fingerprint density at radius 2 is 2.05 bits per heavy atom. The molecule has 1 aromatic rings. The normalized spacial score (nSPS) is 27.0. The highest BCUT2D eigenvalue weighted by molar-refractivity contribution is 5.89. The Bertz CT molecular complexity index is 473. The summed E-state index contributed by atoms with van der Waals surface area (Å²) in [6.07, 6.45) is 3.56. The molecule has 1 saturated carbocycles. The van der Waals surface area contributed by atoms with Crippen LogP contribution < -0.4 is 5.32 Å². The van der Waals surface area contributed by atoms with Gasteiger partial charge in [-0.1, -0.05) is 13.8 Å². The van der Waals surface area contributed by atoms with Gasteiger partial charge in [0.1, 0.15) is 5.82 Å². The van der Waals surface area contributed by atoms with E-state index in [-0.39, 0.29) is 5.56 Å². The van der Waals surface area contributed by atoms with Crippen LogP contribution >= 0.6 is 0 Å². The summed E-state index contributed by atoms with van der Waals surface area (Å²) in [5.41, 5.74) is 0.839. The molecule has 19 heavy (non-hydrogen) atoms.